The van der Waals surface area contributed by atoms with E-state index in [9.17, 15) is 0 Å². The molecule has 5 heteroatoms. The molecule has 1 heterocycles. The lowest BCUT2D eigenvalue weighted by molar-refractivity contribution is 0.385. The summed E-state index contributed by atoms with van der Waals surface area (Å²) < 4.78 is 1.80. The van der Waals surface area contributed by atoms with Gasteiger partial charge in [0.25, 0.3) is 0 Å². The summed E-state index contributed by atoms with van der Waals surface area (Å²) in [6.07, 6.45) is 2.30. The Morgan fingerprint density at radius 2 is 2.08 bits per heavy atom. The summed E-state index contributed by atoms with van der Waals surface area (Å²) in [7, 11) is 0. The minimum atomic E-state index is 0.382. The fourth-order valence-corrected chi connectivity index (χ4v) is 1.44. The molecule has 13 heavy (non-hydrogen) atoms. The Bertz CT molecular complexity index is 244. The zero-order chi connectivity index (χ0) is 9.68. The molecule has 74 valence electrons. The van der Waals surface area contributed by atoms with E-state index in [1.54, 1.807) is 4.68 Å². The molecular formula is C8H15ClN4. The molecule has 0 saturated heterocycles. The first-order chi connectivity index (χ1) is 6.31. The van der Waals surface area contributed by atoms with Gasteiger partial charge in [-0.15, -0.1) is 16.7 Å². The Morgan fingerprint density at radius 1 is 1.38 bits per heavy atom. The van der Waals surface area contributed by atoms with Crippen molar-refractivity contribution in [3.8, 4) is 0 Å². The van der Waals surface area contributed by atoms with E-state index in [-0.39, 0.29) is 0 Å². The summed E-state index contributed by atoms with van der Waals surface area (Å²) in [5.41, 5.74) is 0. The standard InChI is InChI=1S/C8H15ClN4/c1-3-7(4-2)6-13-8(5-9)10-11-12-13/h7H,3-6H2,1-2H3. The second-order valence-electron chi connectivity index (χ2n) is 3.09. The summed E-state index contributed by atoms with van der Waals surface area (Å²) in [6, 6.07) is 0. The second kappa shape index (κ2) is 5.17. The molecule has 1 aromatic rings. The van der Waals surface area contributed by atoms with Crippen molar-refractivity contribution in [2.24, 2.45) is 5.92 Å². The Labute approximate surface area is 83.3 Å². The van der Waals surface area contributed by atoms with Gasteiger partial charge in [-0.2, -0.15) is 0 Å². The maximum atomic E-state index is 5.68. The van der Waals surface area contributed by atoms with Crippen LogP contribution in [0.3, 0.4) is 0 Å². The van der Waals surface area contributed by atoms with Gasteiger partial charge in [-0.25, -0.2) is 4.68 Å². The van der Waals surface area contributed by atoms with Crippen LogP contribution in [0.15, 0.2) is 0 Å². The largest absolute Gasteiger partial charge is 0.228 e. The van der Waals surface area contributed by atoms with Gasteiger partial charge in [0.2, 0.25) is 0 Å². The molecule has 0 spiro atoms. The van der Waals surface area contributed by atoms with Crippen molar-refractivity contribution in [3.63, 3.8) is 0 Å². The van der Waals surface area contributed by atoms with Gasteiger partial charge < -0.3 is 0 Å². The molecule has 0 bridgehead atoms. The molecular weight excluding hydrogens is 188 g/mol. The lowest BCUT2D eigenvalue weighted by Crippen LogP contribution is -2.13. The number of alkyl halides is 1. The number of hydrogen-bond acceptors (Lipinski definition) is 3. The Kier molecular flexibility index (Phi) is 4.15. The molecule has 0 saturated carbocycles. The van der Waals surface area contributed by atoms with Gasteiger partial charge in [-0.1, -0.05) is 26.7 Å². The van der Waals surface area contributed by atoms with E-state index in [4.69, 9.17) is 11.6 Å². The minimum Gasteiger partial charge on any atom is -0.228 e. The van der Waals surface area contributed by atoms with Gasteiger partial charge in [0.15, 0.2) is 5.82 Å². The number of tetrazole rings is 1. The number of halogens is 1. The van der Waals surface area contributed by atoms with Crippen LogP contribution in [0.2, 0.25) is 0 Å². The quantitative estimate of drug-likeness (QED) is 0.685. The number of hydrogen-bond donors (Lipinski definition) is 0. The van der Waals surface area contributed by atoms with Gasteiger partial charge >= 0.3 is 0 Å². The normalized spacial score (nSPS) is 11.1. The third-order valence-electron chi connectivity index (χ3n) is 2.31. The van der Waals surface area contributed by atoms with Crippen molar-refractivity contribution in [3.05, 3.63) is 5.82 Å². The van der Waals surface area contributed by atoms with E-state index >= 15 is 0 Å². The smallest absolute Gasteiger partial charge is 0.166 e. The van der Waals surface area contributed by atoms with Gasteiger partial charge in [-0.3, -0.25) is 0 Å². The average molecular weight is 203 g/mol. The van der Waals surface area contributed by atoms with Crippen LogP contribution in [0.4, 0.5) is 0 Å². The van der Waals surface area contributed by atoms with Crippen molar-refractivity contribution in [1.29, 1.82) is 0 Å². The first-order valence-electron chi connectivity index (χ1n) is 4.62. The molecule has 1 rings (SSSR count). The molecule has 0 fully saturated rings. The fourth-order valence-electron chi connectivity index (χ4n) is 1.25. The average Bonchev–Trinajstić information content (AvgIpc) is 2.61. The lowest BCUT2D eigenvalue weighted by Gasteiger charge is -2.11. The van der Waals surface area contributed by atoms with Gasteiger partial charge in [-0.05, 0) is 16.3 Å². The van der Waals surface area contributed by atoms with Crippen LogP contribution in [0.1, 0.15) is 32.5 Å². The highest BCUT2D eigenvalue weighted by Crippen LogP contribution is 2.11. The van der Waals surface area contributed by atoms with E-state index in [1.165, 1.54) is 0 Å². The summed E-state index contributed by atoms with van der Waals surface area (Å²) in [4.78, 5) is 0. The summed E-state index contributed by atoms with van der Waals surface area (Å²) in [5.74, 6) is 1.78. The minimum absolute atomic E-state index is 0.382. The fraction of sp³-hybridized carbons (Fsp3) is 0.875. The van der Waals surface area contributed by atoms with E-state index in [0.29, 0.717) is 11.8 Å². The molecule has 0 N–H and O–H groups in total. The number of rotatable bonds is 5. The lowest BCUT2D eigenvalue weighted by atomic mass is 10.0. The van der Waals surface area contributed by atoms with Crippen molar-refractivity contribution >= 4 is 11.6 Å². The molecule has 0 radical (unpaired) electrons. The van der Waals surface area contributed by atoms with Crippen molar-refractivity contribution in [1.82, 2.24) is 20.2 Å². The first-order valence-corrected chi connectivity index (χ1v) is 5.16. The van der Waals surface area contributed by atoms with Crippen LogP contribution in [0, 0.1) is 5.92 Å². The molecule has 0 aromatic carbocycles. The van der Waals surface area contributed by atoms with E-state index in [1.807, 2.05) is 0 Å². The van der Waals surface area contributed by atoms with Gasteiger partial charge in [0, 0.05) is 6.54 Å². The number of aromatic nitrogens is 4. The predicted molar refractivity (Wildman–Crippen MR) is 51.4 cm³/mol. The topological polar surface area (TPSA) is 43.6 Å². The zero-order valence-electron chi connectivity index (χ0n) is 8.07. The molecule has 0 aliphatic carbocycles. The Balaban J connectivity index is 2.61. The van der Waals surface area contributed by atoms with Crippen LogP contribution in [0.5, 0.6) is 0 Å². The summed E-state index contributed by atoms with van der Waals surface area (Å²) in [6.45, 7) is 5.24. The second-order valence-corrected chi connectivity index (χ2v) is 3.36. The summed E-state index contributed by atoms with van der Waals surface area (Å²) >= 11 is 5.68. The molecule has 0 unspecified atom stereocenters. The van der Waals surface area contributed by atoms with Gasteiger partial charge in [0.05, 0.1) is 5.88 Å². The number of nitrogens with zero attached hydrogens (tertiary/aromatic N) is 4. The van der Waals surface area contributed by atoms with E-state index in [0.717, 1.165) is 25.2 Å². The Morgan fingerprint density at radius 3 is 2.62 bits per heavy atom. The van der Waals surface area contributed by atoms with Crippen LogP contribution >= 0.6 is 11.6 Å². The third kappa shape index (κ3) is 2.66. The van der Waals surface area contributed by atoms with Crippen LogP contribution < -0.4 is 0 Å². The van der Waals surface area contributed by atoms with E-state index in [2.05, 4.69) is 29.4 Å². The van der Waals surface area contributed by atoms with Gasteiger partial charge in [0.1, 0.15) is 0 Å². The molecule has 1 aromatic heterocycles. The third-order valence-corrected chi connectivity index (χ3v) is 2.55. The monoisotopic (exact) mass is 202 g/mol. The molecule has 0 aliphatic rings. The van der Waals surface area contributed by atoms with Crippen molar-refractivity contribution in [2.45, 2.75) is 39.1 Å². The van der Waals surface area contributed by atoms with Crippen LogP contribution in [0.25, 0.3) is 0 Å². The highest BCUT2D eigenvalue weighted by atomic mass is 35.5. The Hall–Kier alpha value is -0.640. The highest BCUT2D eigenvalue weighted by Gasteiger charge is 2.09. The van der Waals surface area contributed by atoms with Crippen LogP contribution in [-0.4, -0.2) is 20.2 Å². The maximum absolute atomic E-state index is 5.68. The molecule has 4 nitrogen and oxygen atoms in total. The predicted octanol–water partition coefficient (Wildman–Crippen LogP) is 1.85. The van der Waals surface area contributed by atoms with Crippen LogP contribution in [-0.2, 0) is 12.4 Å². The summed E-state index contributed by atoms with van der Waals surface area (Å²) in [5, 5.41) is 11.3. The molecule has 0 aliphatic heterocycles. The zero-order valence-corrected chi connectivity index (χ0v) is 8.83. The SMILES string of the molecule is CCC(CC)Cn1nnnc1CCl. The van der Waals surface area contributed by atoms with E-state index < -0.39 is 0 Å². The first kappa shape index (κ1) is 10.4. The van der Waals surface area contributed by atoms with Crippen molar-refractivity contribution in [2.75, 3.05) is 0 Å². The molecule has 0 amide bonds. The maximum Gasteiger partial charge on any atom is 0.166 e. The molecule has 0 atom stereocenters. The highest BCUT2D eigenvalue weighted by molar-refractivity contribution is 6.16. The van der Waals surface area contributed by atoms with Crippen molar-refractivity contribution < 1.29 is 0 Å².